The summed E-state index contributed by atoms with van der Waals surface area (Å²) in [6.45, 7) is 7.42. The van der Waals surface area contributed by atoms with Gasteiger partial charge in [-0.3, -0.25) is 14.5 Å². The Morgan fingerprint density at radius 2 is 1.62 bits per heavy atom. The number of hydrogen-bond acceptors (Lipinski definition) is 3. The highest BCUT2D eigenvalue weighted by molar-refractivity contribution is 6.34. The third-order valence-electron chi connectivity index (χ3n) is 5.04. The van der Waals surface area contributed by atoms with Crippen molar-refractivity contribution < 1.29 is 9.59 Å². The molecule has 1 atom stereocenters. The lowest BCUT2D eigenvalue weighted by Crippen LogP contribution is -2.54. The number of carbonyl (C=O) groups is 2. The van der Waals surface area contributed by atoms with Gasteiger partial charge in [0, 0.05) is 45.8 Å². The first-order chi connectivity index (χ1) is 11.6. The van der Waals surface area contributed by atoms with Crippen molar-refractivity contribution in [3.8, 4) is 0 Å². The van der Waals surface area contributed by atoms with Crippen LogP contribution in [0.5, 0.6) is 0 Å². The number of nitrogens with zero attached hydrogens (tertiary/aromatic N) is 3. The summed E-state index contributed by atoms with van der Waals surface area (Å²) in [5.74, 6) is -0.125. The molecule has 2 heterocycles. The lowest BCUT2D eigenvalue weighted by molar-refractivity contribution is -0.153. The fourth-order valence-corrected chi connectivity index (χ4v) is 3.60. The molecule has 130 valence electrons. The van der Waals surface area contributed by atoms with Crippen LogP contribution >= 0.6 is 0 Å². The van der Waals surface area contributed by atoms with Crippen molar-refractivity contribution in [1.82, 2.24) is 14.7 Å². The number of amides is 2. The Morgan fingerprint density at radius 1 is 0.958 bits per heavy atom. The van der Waals surface area contributed by atoms with Gasteiger partial charge in [-0.1, -0.05) is 37.3 Å². The fourth-order valence-electron chi connectivity index (χ4n) is 3.60. The zero-order chi connectivity index (χ0) is 16.9. The van der Waals surface area contributed by atoms with Gasteiger partial charge in [-0.15, -0.1) is 0 Å². The maximum atomic E-state index is 12.5. The summed E-state index contributed by atoms with van der Waals surface area (Å²) in [7, 11) is 0. The molecular weight excluding hydrogens is 302 g/mol. The standard InChI is InChI=1S/C19H27N3O2/c1-16-6-5-9-22(14-16)19(24)18(23)21-12-10-20(11-13-21)15-17-7-3-2-4-8-17/h2-4,7-8,16H,5-6,9-15H2,1H3. The molecule has 24 heavy (non-hydrogen) atoms. The number of piperidine rings is 1. The van der Waals surface area contributed by atoms with Crippen molar-refractivity contribution in [2.75, 3.05) is 39.3 Å². The predicted octanol–water partition coefficient (Wildman–Crippen LogP) is 1.59. The van der Waals surface area contributed by atoms with E-state index in [0.29, 0.717) is 19.0 Å². The Morgan fingerprint density at radius 3 is 2.29 bits per heavy atom. The van der Waals surface area contributed by atoms with Gasteiger partial charge in [0.05, 0.1) is 0 Å². The maximum Gasteiger partial charge on any atom is 0.312 e. The molecule has 1 aromatic carbocycles. The Kier molecular flexibility index (Phi) is 5.51. The molecule has 2 aliphatic heterocycles. The van der Waals surface area contributed by atoms with Crippen molar-refractivity contribution in [1.29, 1.82) is 0 Å². The van der Waals surface area contributed by atoms with Crippen LogP contribution in [0.3, 0.4) is 0 Å². The molecule has 0 spiro atoms. The zero-order valence-corrected chi connectivity index (χ0v) is 14.5. The summed E-state index contributed by atoms with van der Waals surface area (Å²) in [5, 5.41) is 0. The first-order valence-electron chi connectivity index (χ1n) is 8.98. The van der Waals surface area contributed by atoms with Gasteiger partial charge in [0.2, 0.25) is 0 Å². The minimum Gasteiger partial charge on any atom is -0.334 e. The monoisotopic (exact) mass is 329 g/mol. The third-order valence-corrected chi connectivity index (χ3v) is 5.04. The van der Waals surface area contributed by atoms with Gasteiger partial charge in [0.25, 0.3) is 0 Å². The molecule has 5 heteroatoms. The van der Waals surface area contributed by atoms with Crippen LogP contribution in [0, 0.1) is 5.92 Å². The summed E-state index contributed by atoms with van der Waals surface area (Å²) in [6.07, 6.45) is 2.15. The molecule has 2 aliphatic rings. The minimum atomic E-state index is -0.316. The van der Waals surface area contributed by atoms with E-state index in [1.165, 1.54) is 5.56 Å². The van der Waals surface area contributed by atoms with Crippen molar-refractivity contribution in [2.45, 2.75) is 26.3 Å². The molecule has 0 radical (unpaired) electrons. The number of likely N-dealkylation sites (tertiary alicyclic amines) is 1. The first-order valence-corrected chi connectivity index (χ1v) is 8.98. The van der Waals surface area contributed by atoms with Crippen LogP contribution in [-0.2, 0) is 16.1 Å². The van der Waals surface area contributed by atoms with Crippen molar-refractivity contribution in [2.24, 2.45) is 5.92 Å². The SMILES string of the molecule is CC1CCCN(C(=O)C(=O)N2CCN(Cc3ccccc3)CC2)C1. The van der Waals surface area contributed by atoms with E-state index in [-0.39, 0.29) is 11.8 Å². The minimum absolute atomic E-state index is 0.307. The lowest BCUT2D eigenvalue weighted by atomic mass is 10.0. The highest BCUT2D eigenvalue weighted by Crippen LogP contribution is 2.16. The molecule has 0 aliphatic carbocycles. The molecule has 0 saturated carbocycles. The summed E-state index contributed by atoms with van der Waals surface area (Å²) in [6, 6.07) is 10.4. The number of benzene rings is 1. The number of hydrogen-bond donors (Lipinski definition) is 0. The maximum absolute atomic E-state index is 12.5. The van der Waals surface area contributed by atoms with E-state index in [9.17, 15) is 9.59 Å². The second-order valence-electron chi connectivity index (χ2n) is 7.05. The molecule has 0 bridgehead atoms. The summed E-state index contributed by atoms with van der Waals surface area (Å²) in [4.78, 5) is 30.7. The fraction of sp³-hybridized carbons (Fsp3) is 0.579. The molecular formula is C19H27N3O2. The highest BCUT2D eigenvalue weighted by Gasteiger charge is 2.31. The molecule has 5 nitrogen and oxygen atoms in total. The van der Waals surface area contributed by atoms with Gasteiger partial charge in [0.15, 0.2) is 0 Å². The van der Waals surface area contributed by atoms with E-state index < -0.39 is 0 Å². The van der Waals surface area contributed by atoms with Crippen LogP contribution in [0.15, 0.2) is 30.3 Å². The third kappa shape index (κ3) is 4.15. The second kappa shape index (κ2) is 7.79. The normalized spacial score (nSPS) is 22.5. The largest absolute Gasteiger partial charge is 0.334 e. The van der Waals surface area contributed by atoms with Crippen LogP contribution in [0.4, 0.5) is 0 Å². The van der Waals surface area contributed by atoms with Gasteiger partial charge in [-0.2, -0.15) is 0 Å². The molecule has 1 aromatic rings. The quantitative estimate of drug-likeness (QED) is 0.774. The van der Waals surface area contributed by atoms with Crippen LogP contribution in [-0.4, -0.2) is 65.8 Å². The van der Waals surface area contributed by atoms with E-state index in [1.54, 1.807) is 9.80 Å². The average molecular weight is 329 g/mol. The van der Waals surface area contributed by atoms with Crippen LogP contribution in [0.2, 0.25) is 0 Å². The highest BCUT2D eigenvalue weighted by atomic mass is 16.2. The Hall–Kier alpha value is -1.88. The number of piperazine rings is 1. The molecule has 3 rings (SSSR count). The molecule has 1 unspecified atom stereocenters. The first kappa shape index (κ1) is 17.0. The Balaban J connectivity index is 1.49. The van der Waals surface area contributed by atoms with Crippen molar-refractivity contribution in [3.05, 3.63) is 35.9 Å². The van der Waals surface area contributed by atoms with Gasteiger partial charge < -0.3 is 9.80 Å². The molecule has 2 saturated heterocycles. The number of rotatable bonds is 2. The van der Waals surface area contributed by atoms with Crippen molar-refractivity contribution >= 4 is 11.8 Å². The summed E-state index contributed by atoms with van der Waals surface area (Å²) >= 11 is 0. The number of carbonyl (C=O) groups excluding carboxylic acids is 2. The van der Waals surface area contributed by atoms with Crippen LogP contribution < -0.4 is 0 Å². The average Bonchev–Trinajstić information content (AvgIpc) is 2.62. The van der Waals surface area contributed by atoms with Crippen LogP contribution in [0.1, 0.15) is 25.3 Å². The molecule has 0 N–H and O–H groups in total. The summed E-state index contributed by atoms with van der Waals surface area (Å²) < 4.78 is 0. The Labute approximate surface area is 144 Å². The van der Waals surface area contributed by atoms with E-state index in [4.69, 9.17) is 0 Å². The lowest BCUT2D eigenvalue weighted by Gasteiger charge is -2.36. The van der Waals surface area contributed by atoms with Crippen LogP contribution in [0.25, 0.3) is 0 Å². The molecule has 2 amide bonds. The molecule has 0 aromatic heterocycles. The van der Waals surface area contributed by atoms with E-state index in [0.717, 1.165) is 45.6 Å². The van der Waals surface area contributed by atoms with Gasteiger partial charge in [-0.05, 0) is 24.3 Å². The summed E-state index contributed by atoms with van der Waals surface area (Å²) in [5.41, 5.74) is 1.29. The van der Waals surface area contributed by atoms with Crippen molar-refractivity contribution in [3.63, 3.8) is 0 Å². The molecule has 2 fully saturated rings. The van der Waals surface area contributed by atoms with Gasteiger partial charge in [0.1, 0.15) is 0 Å². The second-order valence-corrected chi connectivity index (χ2v) is 7.05. The van der Waals surface area contributed by atoms with E-state index in [1.807, 2.05) is 18.2 Å². The Bertz CT molecular complexity index is 567. The predicted molar refractivity (Wildman–Crippen MR) is 93.3 cm³/mol. The topological polar surface area (TPSA) is 43.9 Å². The zero-order valence-electron chi connectivity index (χ0n) is 14.5. The van der Waals surface area contributed by atoms with E-state index >= 15 is 0 Å². The van der Waals surface area contributed by atoms with Gasteiger partial charge in [-0.25, -0.2) is 0 Å². The van der Waals surface area contributed by atoms with Gasteiger partial charge >= 0.3 is 11.8 Å². The smallest absolute Gasteiger partial charge is 0.312 e. The van der Waals surface area contributed by atoms with E-state index in [2.05, 4.69) is 24.0 Å².